The average Bonchev–Trinajstić information content (AvgIpc) is 3.09. The molecule has 1 aliphatic rings. The van der Waals surface area contributed by atoms with Gasteiger partial charge in [0.1, 0.15) is 10.2 Å². The smallest absolute Gasteiger partial charge is 0.131 e. The molecule has 0 amide bonds. The third-order valence-corrected chi connectivity index (χ3v) is 6.35. The Morgan fingerprint density at radius 3 is 2.96 bits per heavy atom. The maximum Gasteiger partial charge on any atom is 0.131 e. The highest BCUT2D eigenvalue weighted by atomic mass is 35.5. The Bertz CT molecular complexity index is 853. The van der Waals surface area contributed by atoms with E-state index in [0.29, 0.717) is 17.6 Å². The van der Waals surface area contributed by atoms with Gasteiger partial charge in [0.05, 0.1) is 22.4 Å². The predicted octanol–water partition coefficient (Wildman–Crippen LogP) is 4.79. The zero-order chi connectivity index (χ0) is 16.7. The van der Waals surface area contributed by atoms with E-state index in [0.717, 1.165) is 22.6 Å². The van der Waals surface area contributed by atoms with Crippen LogP contribution in [-0.2, 0) is 13.0 Å². The van der Waals surface area contributed by atoms with Gasteiger partial charge in [0.15, 0.2) is 0 Å². The minimum absolute atomic E-state index is 0.151. The first-order valence-corrected chi connectivity index (χ1v) is 10.2. The Morgan fingerprint density at radius 1 is 1.46 bits per heavy atom. The number of pyridine rings is 1. The van der Waals surface area contributed by atoms with Crippen LogP contribution >= 0.6 is 34.3 Å². The number of thiophene rings is 1. The monoisotopic (exact) mass is 378 g/mol. The van der Waals surface area contributed by atoms with E-state index < -0.39 is 0 Å². The van der Waals surface area contributed by atoms with Crippen molar-refractivity contribution in [2.45, 2.75) is 44.7 Å². The van der Waals surface area contributed by atoms with Gasteiger partial charge >= 0.3 is 0 Å². The molecule has 126 valence electrons. The molecule has 0 aromatic carbocycles. The number of hydrogen-bond donors (Lipinski definition) is 2. The van der Waals surface area contributed by atoms with Gasteiger partial charge in [0, 0.05) is 28.6 Å². The van der Waals surface area contributed by atoms with Crippen LogP contribution in [0.15, 0.2) is 17.6 Å². The molecule has 1 atom stereocenters. The van der Waals surface area contributed by atoms with Crippen LogP contribution in [0.2, 0.25) is 5.15 Å². The summed E-state index contributed by atoms with van der Waals surface area (Å²) in [6.45, 7) is 2.76. The minimum atomic E-state index is 0.151. The lowest BCUT2D eigenvalue weighted by Gasteiger charge is -2.07. The standard InChI is InChI=1S/C17H19ClN4S2/c1-9(19)6-12-15(10-2-3-10)16-17(24-12)11(7-13(18)22-16)21-8-14-20-4-5-23-14/h4-5,7,9-10H,2-3,6,8,19H2,1H3,(H,21,22)/t9-/m0/s1. The van der Waals surface area contributed by atoms with Crippen LogP contribution < -0.4 is 11.1 Å². The number of halogens is 1. The Labute approximate surface area is 154 Å². The number of nitrogens with two attached hydrogens (primary N) is 1. The second-order valence-electron chi connectivity index (χ2n) is 6.34. The van der Waals surface area contributed by atoms with Gasteiger partial charge < -0.3 is 11.1 Å². The molecule has 0 bridgehead atoms. The van der Waals surface area contributed by atoms with Gasteiger partial charge in [-0.2, -0.15) is 0 Å². The lowest BCUT2D eigenvalue weighted by atomic mass is 10.1. The van der Waals surface area contributed by atoms with E-state index in [1.54, 1.807) is 11.3 Å². The molecule has 0 spiro atoms. The number of fused-ring (bicyclic) bond motifs is 1. The molecule has 24 heavy (non-hydrogen) atoms. The van der Waals surface area contributed by atoms with Gasteiger partial charge in [-0.05, 0) is 37.7 Å². The lowest BCUT2D eigenvalue weighted by Crippen LogP contribution is -2.17. The fourth-order valence-corrected chi connectivity index (χ4v) is 5.19. The van der Waals surface area contributed by atoms with Crippen LogP contribution in [0.1, 0.15) is 41.1 Å². The molecule has 7 heteroatoms. The quantitative estimate of drug-likeness (QED) is 0.605. The highest BCUT2D eigenvalue weighted by molar-refractivity contribution is 7.20. The molecule has 1 saturated carbocycles. The molecule has 0 radical (unpaired) electrons. The summed E-state index contributed by atoms with van der Waals surface area (Å²) in [4.78, 5) is 10.4. The zero-order valence-corrected chi connectivity index (χ0v) is 15.8. The van der Waals surface area contributed by atoms with Crippen molar-refractivity contribution in [2.24, 2.45) is 5.73 Å². The predicted molar refractivity (Wildman–Crippen MR) is 103 cm³/mol. The van der Waals surface area contributed by atoms with Crippen LogP contribution in [0.3, 0.4) is 0 Å². The second kappa shape index (κ2) is 6.59. The summed E-state index contributed by atoms with van der Waals surface area (Å²) >= 11 is 9.77. The summed E-state index contributed by atoms with van der Waals surface area (Å²) in [5.41, 5.74) is 9.55. The maximum atomic E-state index is 6.31. The largest absolute Gasteiger partial charge is 0.377 e. The molecular formula is C17H19ClN4S2. The highest BCUT2D eigenvalue weighted by Gasteiger charge is 2.31. The van der Waals surface area contributed by atoms with Gasteiger partial charge in [0.2, 0.25) is 0 Å². The summed E-state index contributed by atoms with van der Waals surface area (Å²) in [5, 5.41) is 7.08. The summed E-state index contributed by atoms with van der Waals surface area (Å²) < 4.78 is 1.19. The lowest BCUT2D eigenvalue weighted by molar-refractivity contribution is 0.741. The first kappa shape index (κ1) is 16.3. The van der Waals surface area contributed by atoms with Gasteiger partial charge in [-0.25, -0.2) is 9.97 Å². The number of nitrogens with one attached hydrogen (secondary N) is 1. The zero-order valence-electron chi connectivity index (χ0n) is 13.4. The molecule has 4 nitrogen and oxygen atoms in total. The average molecular weight is 379 g/mol. The Hall–Kier alpha value is -1.21. The molecular weight excluding hydrogens is 360 g/mol. The van der Waals surface area contributed by atoms with Crippen LogP contribution in [-0.4, -0.2) is 16.0 Å². The van der Waals surface area contributed by atoms with Crippen molar-refractivity contribution in [2.75, 3.05) is 5.32 Å². The Morgan fingerprint density at radius 2 is 2.29 bits per heavy atom. The summed E-state index contributed by atoms with van der Waals surface area (Å²) in [6.07, 6.45) is 5.21. The van der Waals surface area contributed by atoms with Gasteiger partial charge in [-0.3, -0.25) is 0 Å². The maximum absolute atomic E-state index is 6.31. The molecule has 0 saturated heterocycles. The molecule has 3 heterocycles. The van der Waals surface area contributed by atoms with Crippen molar-refractivity contribution in [1.82, 2.24) is 9.97 Å². The number of rotatable bonds is 6. The van der Waals surface area contributed by atoms with Crippen molar-refractivity contribution < 1.29 is 0 Å². The van der Waals surface area contributed by atoms with E-state index in [4.69, 9.17) is 17.3 Å². The van der Waals surface area contributed by atoms with Crippen molar-refractivity contribution >= 4 is 50.2 Å². The first-order valence-electron chi connectivity index (χ1n) is 8.11. The van der Waals surface area contributed by atoms with Gasteiger partial charge in [0.25, 0.3) is 0 Å². The van der Waals surface area contributed by atoms with E-state index in [1.165, 1.54) is 28.0 Å². The normalized spacial score (nSPS) is 15.8. The number of nitrogens with zero attached hydrogens (tertiary/aromatic N) is 2. The molecule has 4 rings (SSSR count). The van der Waals surface area contributed by atoms with Crippen molar-refractivity contribution in [3.63, 3.8) is 0 Å². The number of hydrogen-bond acceptors (Lipinski definition) is 6. The second-order valence-corrected chi connectivity index (χ2v) is 8.82. The van der Waals surface area contributed by atoms with E-state index in [2.05, 4.69) is 22.2 Å². The summed E-state index contributed by atoms with van der Waals surface area (Å²) in [5.74, 6) is 0.630. The molecule has 0 unspecified atom stereocenters. The van der Waals surface area contributed by atoms with E-state index in [9.17, 15) is 0 Å². The topological polar surface area (TPSA) is 63.8 Å². The summed E-state index contributed by atoms with van der Waals surface area (Å²) in [6, 6.07) is 2.07. The number of thiazole rings is 1. The van der Waals surface area contributed by atoms with Crippen LogP contribution in [0.4, 0.5) is 5.69 Å². The van der Waals surface area contributed by atoms with Gasteiger partial charge in [-0.15, -0.1) is 22.7 Å². The molecule has 3 aromatic rings. The Kier molecular flexibility index (Phi) is 4.47. The van der Waals surface area contributed by atoms with Crippen LogP contribution in [0.5, 0.6) is 0 Å². The van der Waals surface area contributed by atoms with Crippen LogP contribution in [0, 0.1) is 0 Å². The van der Waals surface area contributed by atoms with Crippen molar-refractivity contribution in [1.29, 1.82) is 0 Å². The molecule has 3 N–H and O–H groups in total. The van der Waals surface area contributed by atoms with Crippen LogP contribution in [0.25, 0.3) is 10.2 Å². The fourth-order valence-electron chi connectivity index (χ4n) is 2.98. The van der Waals surface area contributed by atoms with E-state index in [-0.39, 0.29) is 6.04 Å². The third-order valence-electron chi connectivity index (χ3n) is 4.13. The van der Waals surface area contributed by atoms with Crippen molar-refractivity contribution in [3.8, 4) is 0 Å². The van der Waals surface area contributed by atoms with E-state index in [1.807, 2.05) is 29.0 Å². The van der Waals surface area contributed by atoms with E-state index >= 15 is 0 Å². The number of anilines is 1. The third kappa shape index (κ3) is 3.28. The number of aromatic nitrogens is 2. The Balaban J connectivity index is 1.76. The molecule has 0 aliphatic heterocycles. The molecule has 1 fully saturated rings. The highest BCUT2D eigenvalue weighted by Crippen LogP contribution is 2.49. The van der Waals surface area contributed by atoms with Crippen molar-refractivity contribution in [3.05, 3.63) is 38.2 Å². The fraction of sp³-hybridized carbons (Fsp3) is 0.412. The summed E-state index contributed by atoms with van der Waals surface area (Å²) in [7, 11) is 0. The SMILES string of the molecule is C[C@H](N)Cc1sc2c(NCc3nccs3)cc(Cl)nc2c1C1CC1. The first-order chi connectivity index (χ1) is 11.6. The molecule has 3 aromatic heterocycles. The minimum Gasteiger partial charge on any atom is -0.377 e. The van der Waals surface area contributed by atoms with Gasteiger partial charge in [-0.1, -0.05) is 11.6 Å². The molecule has 1 aliphatic carbocycles.